The Hall–Kier alpha value is -2.65. The number of benzene rings is 1. The van der Waals surface area contributed by atoms with Crippen molar-refractivity contribution in [3.8, 4) is 5.75 Å². The van der Waals surface area contributed by atoms with E-state index in [9.17, 15) is 18.0 Å². The summed E-state index contributed by atoms with van der Waals surface area (Å²) in [5.74, 6) is -0.0914. The Balaban J connectivity index is 2.07. The van der Waals surface area contributed by atoms with Gasteiger partial charge in [0.05, 0.1) is 24.7 Å². The number of aryl methyl sites for hydroxylation is 1. The first-order valence-corrected chi connectivity index (χ1v) is 9.20. The van der Waals surface area contributed by atoms with Crippen LogP contribution < -0.4 is 15.0 Å². The highest BCUT2D eigenvalue weighted by molar-refractivity contribution is 7.89. The molecule has 0 aliphatic rings. The molecule has 1 heterocycles. The summed E-state index contributed by atoms with van der Waals surface area (Å²) in [4.78, 5) is 23.4. The smallest absolute Gasteiger partial charge is 0.337 e. The minimum Gasteiger partial charge on any atom is -0.496 e. The lowest BCUT2D eigenvalue weighted by atomic mass is 10.2. The fourth-order valence-electron chi connectivity index (χ4n) is 2.37. The van der Waals surface area contributed by atoms with Crippen molar-refractivity contribution in [2.45, 2.75) is 18.4 Å². The Bertz CT molecular complexity index is 948. The average molecular weight is 380 g/mol. The van der Waals surface area contributed by atoms with E-state index in [1.54, 1.807) is 13.0 Å². The summed E-state index contributed by atoms with van der Waals surface area (Å²) >= 11 is 0. The summed E-state index contributed by atoms with van der Waals surface area (Å²) in [5, 5.41) is 0. The van der Waals surface area contributed by atoms with Crippen LogP contribution in [-0.2, 0) is 21.3 Å². The minimum absolute atomic E-state index is 0.0175. The Morgan fingerprint density at radius 2 is 1.81 bits per heavy atom. The minimum atomic E-state index is -3.76. The van der Waals surface area contributed by atoms with Crippen molar-refractivity contribution >= 4 is 16.0 Å². The predicted molar refractivity (Wildman–Crippen MR) is 95.0 cm³/mol. The molecule has 0 saturated heterocycles. The lowest BCUT2D eigenvalue weighted by Gasteiger charge is -2.12. The lowest BCUT2D eigenvalue weighted by Crippen LogP contribution is -2.31. The molecular formula is C17H20N2O6S. The SMILES string of the molecule is COC(=O)c1ccc(S(=O)(=O)NCCn2c(C)cc(OC)cc2=O)cc1. The van der Waals surface area contributed by atoms with Crippen LogP contribution in [0.5, 0.6) is 5.75 Å². The van der Waals surface area contributed by atoms with Gasteiger partial charge in [0.2, 0.25) is 10.0 Å². The van der Waals surface area contributed by atoms with Crippen molar-refractivity contribution < 1.29 is 22.7 Å². The Kier molecular flexibility index (Phi) is 6.17. The molecule has 0 amide bonds. The number of aromatic nitrogens is 1. The van der Waals surface area contributed by atoms with Gasteiger partial charge in [0.15, 0.2) is 0 Å². The Morgan fingerprint density at radius 3 is 2.35 bits per heavy atom. The molecule has 0 atom stereocenters. The topological polar surface area (TPSA) is 104 Å². The third-order valence-corrected chi connectivity index (χ3v) is 5.23. The van der Waals surface area contributed by atoms with Crippen molar-refractivity contribution in [1.29, 1.82) is 0 Å². The first-order valence-electron chi connectivity index (χ1n) is 7.72. The van der Waals surface area contributed by atoms with Crippen LogP contribution in [0.3, 0.4) is 0 Å². The lowest BCUT2D eigenvalue weighted by molar-refractivity contribution is 0.0600. The predicted octanol–water partition coefficient (Wildman–Crippen LogP) is 0.930. The van der Waals surface area contributed by atoms with Crippen LogP contribution in [0.2, 0.25) is 0 Å². The van der Waals surface area contributed by atoms with Gasteiger partial charge in [-0.15, -0.1) is 0 Å². The van der Waals surface area contributed by atoms with Gasteiger partial charge in [-0.3, -0.25) is 4.79 Å². The molecular weight excluding hydrogens is 360 g/mol. The maximum atomic E-state index is 12.3. The molecule has 1 aromatic heterocycles. The zero-order chi connectivity index (χ0) is 19.3. The van der Waals surface area contributed by atoms with E-state index in [4.69, 9.17) is 4.74 Å². The van der Waals surface area contributed by atoms with Crippen LogP contribution in [0.25, 0.3) is 0 Å². The summed E-state index contributed by atoms with van der Waals surface area (Å²) in [6.07, 6.45) is 0. The van der Waals surface area contributed by atoms with Gasteiger partial charge in [-0.1, -0.05) is 0 Å². The summed E-state index contributed by atoms with van der Waals surface area (Å²) in [6, 6.07) is 8.42. The van der Waals surface area contributed by atoms with E-state index in [-0.39, 0.29) is 29.1 Å². The monoisotopic (exact) mass is 380 g/mol. The number of carbonyl (C=O) groups is 1. The van der Waals surface area contributed by atoms with E-state index in [0.29, 0.717) is 11.4 Å². The van der Waals surface area contributed by atoms with E-state index in [1.807, 2.05) is 0 Å². The molecule has 0 spiro atoms. The molecule has 0 aliphatic heterocycles. The molecule has 0 unspecified atom stereocenters. The third kappa shape index (κ3) is 4.50. The van der Waals surface area contributed by atoms with Gasteiger partial charge < -0.3 is 14.0 Å². The van der Waals surface area contributed by atoms with E-state index in [2.05, 4.69) is 9.46 Å². The van der Waals surface area contributed by atoms with E-state index in [1.165, 1.54) is 49.1 Å². The molecule has 0 bridgehead atoms. The van der Waals surface area contributed by atoms with Gasteiger partial charge in [-0.25, -0.2) is 17.9 Å². The van der Waals surface area contributed by atoms with Gasteiger partial charge in [0.25, 0.3) is 5.56 Å². The largest absolute Gasteiger partial charge is 0.496 e. The van der Waals surface area contributed by atoms with Crippen molar-refractivity contribution in [2.24, 2.45) is 0 Å². The molecule has 8 nitrogen and oxygen atoms in total. The number of nitrogens with zero attached hydrogens (tertiary/aromatic N) is 1. The van der Waals surface area contributed by atoms with Crippen molar-refractivity contribution in [3.05, 3.63) is 58.0 Å². The van der Waals surface area contributed by atoms with E-state index in [0.717, 1.165) is 0 Å². The van der Waals surface area contributed by atoms with Crippen molar-refractivity contribution in [3.63, 3.8) is 0 Å². The summed E-state index contributed by atoms with van der Waals surface area (Å²) in [5.41, 5.74) is 0.645. The summed E-state index contributed by atoms with van der Waals surface area (Å²) < 4.78 is 38.1. The van der Waals surface area contributed by atoms with Gasteiger partial charge in [-0.05, 0) is 37.3 Å². The zero-order valence-corrected chi connectivity index (χ0v) is 15.5. The summed E-state index contributed by atoms with van der Waals surface area (Å²) in [7, 11) is -1.04. The van der Waals surface area contributed by atoms with Crippen LogP contribution in [0, 0.1) is 6.92 Å². The standard InChI is InChI=1S/C17H20N2O6S/c1-12-10-14(24-2)11-16(20)19(12)9-8-18-26(22,23)15-6-4-13(5-7-15)17(21)25-3/h4-7,10-11,18H,8-9H2,1-3H3. The van der Waals surface area contributed by atoms with Gasteiger partial charge in [0.1, 0.15) is 5.75 Å². The molecule has 2 rings (SSSR count). The molecule has 1 aromatic carbocycles. The second-order valence-electron chi connectivity index (χ2n) is 5.44. The molecule has 140 valence electrons. The zero-order valence-electron chi connectivity index (χ0n) is 14.7. The molecule has 0 fully saturated rings. The van der Waals surface area contributed by atoms with Crippen LogP contribution >= 0.6 is 0 Å². The van der Waals surface area contributed by atoms with Crippen LogP contribution in [0.4, 0.5) is 0 Å². The summed E-state index contributed by atoms with van der Waals surface area (Å²) in [6.45, 7) is 1.95. The quantitative estimate of drug-likeness (QED) is 0.717. The van der Waals surface area contributed by atoms with Crippen LogP contribution in [-0.4, -0.2) is 39.7 Å². The van der Waals surface area contributed by atoms with E-state index < -0.39 is 16.0 Å². The van der Waals surface area contributed by atoms with Gasteiger partial charge >= 0.3 is 5.97 Å². The number of pyridine rings is 1. The molecule has 0 radical (unpaired) electrons. The number of sulfonamides is 1. The molecule has 0 saturated carbocycles. The van der Waals surface area contributed by atoms with Gasteiger partial charge in [0, 0.05) is 24.8 Å². The first kappa shape index (κ1) is 19.7. The Morgan fingerprint density at radius 1 is 1.15 bits per heavy atom. The van der Waals surface area contributed by atoms with Crippen molar-refractivity contribution in [2.75, 3.05) is 20.8 Å². The number of rotatable bonds is 7. The highest BCUT2D eigenvalue weighted by Gasteiger charge is 2.15. The fourth-order valence-corrected chi connectivity index (χ4v) is 3.39. The number of esters is 1. The number of methoxy groups -OCH3 is 2. The number of ether oxygens (including phenoxy) is 2. The van der Waals surface area contributed by atoms with Crippen LogP contribution in [0.15, 0.2) is 46.1 Å². The van der Waals surface area contributed by atoms with Gasteiger partial charge in [-0.2, -0.15) is 0 Å². The number of carbonyl (C=O) groups excluding carboxylic acids is 1. The highest BCUT2D eigenvalue weighted by Crippen LogP contribution is 2.12. The number of nitrogens with one attached hydrogen (secondary N) is 1. The molecule has 26 heavy (non-hydrogen) atoms. The molecule has 0 aliphatic carbocycles. The highest BCUT2D eigenvalue weighted by atomic mass is 32.2. The van der Waals surface area contributed by atoms with Crippen LogP contribution in [0.1, 0.15) is 16.1 Å². The maximum absolute atomic E-state index is 12.3. The van der Waals surface area contributed by atoms with Crippen molar-refractivity contribution in [1.82, 2.24) is 9.29 Å². The molecule has 9 heteroatoms. The molecule has 1 N–H and O–H groups in total. The number of hydrogen-bond donors (Lipinski definition) is 1. The average Bonchev–Trinajstić information content (AvgIpc) is 2.63. The van der Waals surface area contributed by atoms with E-state index >= 15 is 0 Å². The number of hydrogen-bond acceptors (Lipinski definition) is 6. The normalized spacial score (nSPS) is 11.2. The molecule has 2 aromatic rings. The second-order valence-corrected chi connectivity index (χ2v) is 7.21. The fraction of sp³-hybridized carbons (Fsp3) is 0.294. The Labute approximate surface area is 151 Å². The second kappa shape index (κ2) is 8.15. The third-order valence-electron chi connectivity index (χ3n) is 3.76. The maximum Gasteiger partial charge on any atom is 0.337 e. The first-order chi connectivity index (χ1) is 12.3.